The van der Waals surface area contributed by atoms with Gasteiger partial charge in [-0.15, -0.1) is 0 Å². The van der Waals surface area contributed by atoms with Gasteiger partial charge < -0.3 is 15.4 Å². The number of carbonyl (C=O) groups excluding carboxylic acids is 1. The second-order valence-electron chi connectivity index (χ2n) is 5.29. The predicted molar refractivity (Wildman–Crippen MR) is 59.7 cm³/mol. The summed E-state index contributed by atoms with van der Waals surface area (Å²) in [5.74, 6) is 0.0390. The van der Waals surface area contributed by atoms with Crippen molar-refractivity contribution in [2.45, 2.75) is 39.8 Å². The standard InChI is InChI=1S/C11H22N2O2/c1-8-9(12-5-6-15-8)10(14)13-7-11(2,3)4/h8-9,12H,5-7H2,1-4H3,(H,13,14)/t8-,9+/m1/s1. The molecule has 1 saturated heterocycles. The lowest BCUT2D eigenvalue weighted by atomic mass is 9.96. The van der Waals surface area contributed by atoms with Crippen LogP contribution in [-0.4, -0.2) is 37.7 Å². The zero-order chi connectivity index (χ0) is 11.5. The van der Waals surface area contributed by atoms with E-state index in [1.807, 2.05) is 6.92 Å². The Bertz CT molecular complexity index is 223. The van der Waals surface area contributed by atoms with Gasteiger partial charge in [0.15, 0.2) is 0 Å². The lowest BCUT2D eigenvalue weighted by Crippen LogP contribution is -2.56. The van der Waals surface area contributed by atoms with Crippen LogP contribution >= 0.6 is 0 Å². The molecule has 2 N–H and O–H groups in total. The molecule has 4 nitrogen and oxygen atoms in total. The number of morpholine rings is 1. The largest absolute Gasteiger partial charge is 0.375 e. The molecule has 1 aliphatic rings. The molecule has 1 heterocycles. The third-order valence-corrected chi connectivity index (χ3v) is 2.39. The fourth-order valence-electron chi connectivity index (χ4n) is 1.49. The van der Waals surface area contributed by atoms with Crippen molar-refractivity contribution < 1.29 is 9.53 Å². The molecule has 0 unspecified atom stereocenters. The number of nitrogens with one attached hydrogen (secondary N) is 2. The second-order valence-corrected chi connectivity index (χ2v) is 5.29. The molecule has 0 aliphatic carbocycles. The number of amides is 1. The first-order valence-corrected chi connectivity index (χ1v) is 5.53. The van der Waals surface area contributed by atoms with Crippen molar-refractivity contribution in [1.82, 2.24) is 10.6 Å². The third kappa shape index (κ3) is 4.18. The van der Waals surface area contributed by atoms with Gasteiger partial charge in [0.25, 0.3) is 0 Å². The molecular weight excluding hydrogens is 192 g/mol. The van der Waals surface area contributed by atoms with Gasteiger partial charge in [0, 0.05) is 13.1 Å². The van der Waals surface area contributed by atoms with E-state index >= 15 is 0 Å². The fraction of sp³-hybridized carbons (Fsp3) is 0.909. The van der Waals surface area contributed by atoms with Crippen LogP contribution in [0.3, 0.4) is 0 Å². The molecule has 15 heavy (non-hydrogen) atoms. The van der Waals surface area contributed by atoms with Gasteiger partial charge in [0.05, 0.1) is 12.7 Å². The monoisotopic (exact) mass is 214 g/mol. The Morgan fingerprint density at radius 1 is 1.53 bits per heavy atom. The van der Waals surface area contributed by atoms with Crippen LogP contribution in [0.1, 0.15) is 27.7 Å². The lowest BCUT2D eigenvalue weighted by Gasteiger charge is -2.30. The summed E-state index contributed by atoms with van der Waals surface area (Å²) >= 11 is 0. The fourth-order valence-corrected chi connectivity index (χ4v) is 1.49. The Balaban J connectivity index is 2.39. The minimum atomic E-state index is -0.207. The summed E-state index contributed by atoms with van der Waals surface area (Å²) in [5.41, 5.74) is 0.119. The molecule has 0 bridgehead atoms. The van der Waals surface area contributed by atoms with Gasteiger partial charge in [-0.05, 0) is 12.3 Å². The Hall–Kier alpha value is -0.610. The summed E-state index contributed by atoms with van der Waals surface area (Å²) in [6.45, 7) is 10.3. The molecule has 88 valence electrons. The molecule has 0 saturated carbocycles. The highest BCUT2D eigenvalue weighted by Crippen LogP contribution is 2.11. The van der Waals surface area contributed by atoms with Crippen molar-refractivity contribution in [3.05, 3.63) is 0 Å². The minimum Gasteiger partial charge on any atom is -0.375 e. The van der Waals surface area contributed by atoms with Crippen LogP contribution in [0.2, 0.25) is 0 Å². The molecule has 0 radical (unpaired) electrons. The van der Waals surface area contributed by atoms with E-state index in [0.29, 0.717) is 13.2 Å². The van der Waals surface area contributed by atoms with Crippen LogP contribution in [-0.2, 0) is 9.53 Å². The van der Waals surface area contributed by atoms with E-state index in [0.717, 1.165) is 6.54 Å². The summed E-state index contributed by atoms with van der Waals surface area (Å²) in [7, 11) is 0. The van der Waals surface area contributed by atoms with Gasteiger partial charge in [-0.2, -0.15) is 0 Å². The maximum Gasteiger partial charge on any atom is 0.239 e. The van der Waals surface area contributed by atoms with E-state index < -0.39 is 0 Å². The highest BCUT2D eigenvalue weighted by molar-refractivity contribution is 5.82. The van der Waals surface area contributed by atoms with Crippen LogP contribution < -0.4 is 10.6 Å². The van der Waals surface area contributed by atoms with Crippen LogP contribution in [0, 0.1) is 5.41 Å². The maximum absolute atomic E-state index is 11.8. The highest BCUT2D eigenvalue weighted by atomic mass is 16.5. The van der Waals surface area contributed by atoms with Crippen LogP contribution in [0.5, 0.6) is 0 Å². The molecule has 0 spiro atoms. The third-order valence-electron chi connectivity index (χ3n) is 2.39. The molecule has 0 aromatic carbocycles. The number of hydrogen-bond donors (Lipinski definition) is 2. The smallest absolute Gasteiger partial charge is 0.239 e. The van der Waals surface area contributed by atoms with E-state index in [1.54, 1.807) is 0 Å². The molecule has 1 rings (SSSR count). The van der Waals surface area contributed by atoms with Gasteiger partial charge >= 0.3 is 0 Å². The molecule has 2 atom stereocenters. The predicted octanol–water partition coefficient (Wildman–Crippen LogP) is 0.526. The average Bonchev–Trinajstić information content (AvgIpc) is 2.14. The number of rotatable bonds is 2. The number of carbonyl (C=O) groups is 1. The molecule has 0 aromatic heterocycles. The van der Waals surface area contributed by atoms with E-state index in [1.165, 1.54) is 0 Å². The van der Waals surface area contributed by atoms with Crippen LogP contribution in [0.25, 0.3) is 0 Å². The van der Waals surface area contributed by atoms with Gasteiger partial charge in [-0.25, -0.2) is 0 Å². The molecule has 4 heteroatoms. The quantitative estimate of drug-likeness (QED) is 0.705. The number of ether oxygens (including phenoxy) is 1. The molecular formula is C11H22N2O2. The molecule has 1 fully saturated rings. The lowest BCUT2D eigenvalue weighted by molar-refractivity contribution is -0.129. The summed E-state index contributed by atoms with van der Waals surface area (Å²) < 4.78 is 5.42. The van der Waals surface area contributed by atoms with Gasteiger partial charge in [0.1, 0.15) is 6.04 Å². The van der Waals surface area contributed by atoms with Crippen LogP contribution in [0.4, 0.5) is 0 Å². The van der Waals surface area contributed by atoms with Crippen molar-refractivity contribution in [2.24, 2.45) is 5.41 Å². The van der Waals surface area contributed by atoms with Gasteiger partial charge in [-0.3, -0.25) is 4.79 Å². The summed E-state index contributed by atoms with van der Waals surface area (Å²) in [5, 5.41) is 6.11. The topological polar surface area (TPSA) is 50.4 Å². The molecule has 1 amide bonds. The van der Waals surface area contributed by atoms with E-state index in [9.17, 15) is 4.79 Å². The van der Waals surface area contributed by atoms with Crippen molar-refractivity contribution in [3.8, 4) is 0 Å². The van der Waals surface area contributed by atoms with Gasteiger partial charge in [0.2, 0.25) is 5.91 Å². The van der Waals surface area contributed by atoms with Crippen LogP contribution in [0.15, 0.2) is 0 Å². The average molecular weight is 214 g/mol. The second kappa shape index (κ2) is 4.94. The molecule has 1 aliphatic heterocycles. The Kier molecular flexibility index (Phi) is 4.11. The van der Waals surface area contributed by atoms with Crippen molar-refractivity contribution >= 4 is 5.91 Å². The SMILES string of the molecule is C[C@H]1OCCN[C@@H]1C(=O)NCC(C)(C)C. The summed E-state index contributed by atoms with van der Waals surface area (Å²) in [6.07, 6.45) is -0.0429. The minimum absolute atomic E-state index is 0.0390. The van der Waals surface area contributed by atoms with E-state index in [4.69, 9.17) is 4.74 Å². The van der Waals surface area contributed by atoms with Crippen molar-refractivity contribution in [1.29, 1.82) is 0 Å². The maximum atomic E-state index is 11.8. The summed E-state index contributed by atoms with van der Waals surface area (Å²) in [4.78, 5) is 11.8. The Morgan fingerprint density at radius 3 is 2.73 bits per heavy atom. The zero-order valence-corrected chi connectivity index (χ0v) is 10.1. The van der Waals surface area contributed by atoms with Gasteiger partial charge in [-0.1, -0.05) is 20.8 Å². The Labute approximate surface area is 91.8 Å². The van der Waals surface area contributed by atoms with Crippen molar-refractivity contribution in [2.75, 3.05) is 19.7 Å². The van der Waals surface area contributed by atoms with E-state index in [-0.39, 0.29) is 23.5 Å². The zero-order valence-electron chi connectivity index (χ0n) is 10.1. The molecule has 0 aromatic rings. The summed E-state index contributed by atoms with van der Waals surface area (Å²) in [6, 6.07) is -0.207. The Morgan fingerprint density at radius 2 is 2.20 bits per heavy atom. The van der Waals surface area contributed by atoms with Crippen molar-refractivity contribution in [3.63, 3.8) is 0 Å². The first-order chi connectivity index (χ1) is 6.90. The number of hydrogen-bond acceptors (Lipinski definition) is 3. The highest BCUT2D eigenvalue weighted by Gasteiger charge is 2.28. The first kappa shape index (κ1) is 12.5. The first-order valence-electron chi connectivity index (χ1n) is 5.53. The normalized spacial score (nSPS) is 27.5. The van der Waals surface area contributed by atoms with E-state index in [2.05, 4.69) is 31.4 Å².